The number of unbranched alkanes of at least 4 members (excludes halogenated alkanes) is 7. The third-order valence-electron chi connectivity index (χ3n) is 7.27. The topological polar surface area (TPSA) is 94.1 Å². The number of phosphoric ester groups is 1. The van der Waals surface area contributed by atoms with Crippen molar-refractivity contribution >= 4 is 13.8 Å². The fraction of sp³-hybridized carbons (Fsp3) is 0.675. The molecule has 0 radical (unpaired) electrons. The molecule has 0 fully saturated rings. The molecule has 0 aromatic carbocycles. The summed E-state index contributed by atoms with van der Waals surface area (Å²) >= 11 is 0. The molecule has 0 rings (SSSR count). The quantitative estimate of drug-likeness (QED) is 0.0220. The fourth-order valence-electron chi connectivity index (χ4n) is 4.37. The number of nitrogens with zero attached hydrogens (tertiary/aromatic N) is 1. The first-order valence-electron chi connectivity index (χ1n) is 18.7. The highest BCUT2D eigenvalue weighted by Crippen LogP contribution is 2.38. The second-order valence-electron chi connectivity index (χ2n) is 13.2. The molecule has 0 aromatic rings. The number of quaternary nitrogens is 1. The van der Waals surface area contributed by atoms with Crippen molar-refractivity contribution < 1.29 is 37.3 Å². The monoisotopic (exact) mass is 707 g/mol. The number of esters is 1. The first-order valence-corrected chi connectivity index (χ1v) is 20.1. The van der Waals surface area contributed by atoms with E-state index in [9.17, 15) is 14.3 Å². The van der Waals surface area contributed by atoms with Crippen LogP contribution in [0.1, 0.15) is 117 Å². The van der Waals surface area contributed by atoms with E-state index in [-0.39, 0.29) is 32.2 Å². The highest BCUT2D eigenvalue weighted by atomic mass is 31.2. The van der Waals surface area contributed by atoms with Gasteiger partial charge in [-0.1, -0.05) is 119 Å². The minimum absolute atomic E-state index is 0.0139. The predicted molar refractivity (Wildman–Crippen MR) is 203 cm³/mol. The van der Waals surface area contributed by atoms with Gasteiger partial charge in [0.2, 0.25) is 0 Å². The Morgan fingerprint density at radius 2 is 1.18 bits per heavy atom. The Balaban J connectivity index is 4.30. The number of hydrogen-bond donors (Lipinski definition) is 0. The van der Waals surface area contributed by atoms with Gasteiger partial charge < -0.3 is 27.9 Å². The smallest absolute Gasteiger partial charge is 0.306 e. The van der Waals surface area contributed by atoms with Crippen molar-refractivity contribution in [2.24, 2.45) is 0 Å². The Morgan fingerprint density at radius 1 is 0.653 bits per heavy atom. The largest absolute Gasteiger partial charge is 0.756 e. The normalized spacial score (nSPS) is 14.8. The standard InChI is InChI=1S/C40H70NO7P/c1-6-8-10-12-14-15-16-17-18-19-20-21-22-23-24-25-26-27-28-29-31-33-40(42)48-39(37-45-35-32-30-13-11-9-7-2)38-47-49(43,44)46-36-34-41(3,4)5/h8,10,14-15,17-18,20-21,23-24,26-27,39H,6-7,9,11-13,16,19,22,25,28-38H2,1-5H3/b10-8-,15-14-,18-17-,21-20-,24-23-,27-26-. The maximum atomic E-state index is 12.5. The van der Waals surface area contributed by atoms with Crippen LogP contribution in [0.2, 0.25) is 0 Å². The van der Waals surface area contributed by atoms with E-state index >= 15 is 0 Å². The summed E-state index contributed by atoms with van der Waals surface area (Å²) in [6.45, 7) is 5.14. The first-order chi connectivity index (χ1) is 23.6. The summed E-state index contributed by atoms with van der Waals surface area (Å²) in [6, 6.07) is 0. The van der Waals surface area contributed by atoms with E-state index in [1.165, 1.54) is 25.7 Å². The Labute approximate surface area is 300 Å². The minimum atomic E-state index is -4.52. The minimum Gasteiger partial charge on any atom is -0.756 e. The van der Waals surface area contributed by atoms with Gasteiger partial charge in [-0.25, -0.2) is 0 Å². The lowest BCUT2D eigenvalue weighted by atomic mass is 10.1. The van der Waals surface area contributed by atoms with E-state index in [4.69, 9.17) is 18.5 Å². The molecule has 0 aliphatic heterocycles. The molecule has 0 heterocycles. The van der Waals surface area contributed by atoms with Crippen molar-refractivity contribution in [3.63, 3.8) is 0 Å². The zero-order chi connectivity index (χ0) is 36.3. The average Bonchev–Trinajstić information content (AvgIpc) is 3.04. The van der Waals surface area contributed by atoms with Gasteiger partial charge in [-0.15, -0.1) is 0 Å². The van der Waals surface area contributed by atoms with Gasteiger partial charge in [-0.3, -0.25) is 9.36 Å². The van der Waals surface area contributed by atoms with Crippen LogP contribution in [0, 0.1) is 0 Å². The second-order valence-corrected chi connectivity index (χ2v) is 14.6. The van der Waals surface area contributed by atoms with Gasteiger partial charge in [0.15, 0.2) is 0 Å². The molecule has 0 aromatic heterocycles. The average molecular weight is 708 g/mol. The molecule has 282 valence electrons. The molecule has 0 spiro atoms. The number of hydrogen-bond acceptors (Lipinski definition) is 7. The molecule has 8 nitrogen and oxygen atoms in total. The molecular weight excluding hydrogens is 637 g/mol. The van der Waals surface area contributed by atoms with Crippen LogP contribution in [0.25, 0.3) is 0 Å². The van der Waals surface area contributed by atoms with Crippen molar-refractivity contribution in [3.8, 4) is 0 Å². The van der Waals surface area contributed by atoms with Gasteiger partial charge in [0.05, 0.1) is 34.4 Å². The van der Waals surface area contributed by atoms with Crippen LogP contribution in [0.5, 0.6) is 0 Å². The molecule has 9 heteroatoms. The van der Waals surface area contributed by atoms with Crippen molar-refractivity contribution in [2.45, 2.75) is 123 Å². The van der Waals surface area contributed by atoms with Crippen molar-refractivity contribution in [1.82, 2.24) is 0 Å². The number of rotatable bonds is 33. The van der Waals surface area contributed by atoms with Crippen molar-refractivity contribution in [2.75, 3.05) is 54.1 Å². The molecule has 0 amide bonds. The highest BCUT2D eigenvalue weighted by molar-refractivity contribution is 7.45. The molecule has 2 unspecified atom stereocenters. The number of ether oxygens (including phenoxy) is 2. The number of phosphoric acid groups is 1. The summed E-state index contributed by atoms with van der Waals surface area (Å²) in [4.78, 5) is 24.8. The Kier molecular flexibility index (Phi) is 31.7. The fourth-order valence-corrected chi connectivity index (χ4v) is 5.10. The van der Waals surface area contributed by atoms with E-state index in [1.54, 1.807) is 0 Å². The van der Waals surface area contributed by atoms with Crippen molar-refractivity contribution in [3.05, 3.63) is 72.9 Å². The summed E-state index contributed by atoms with van der Waals surface area (Å²) in [5.41, 5.74) is 0. The summed E-state index contributed by atoms with van der Waals surface area (Å²) < 4.78 is 34.2. The van der Waals surface area contributed by atoms with Crippen LogP contribution in [0.3, 0.4) is 0 Å². The zero-order valence-corrected chi connectivity index (χ0v) is 32.5. The van der Waals surface area contributed by atoms with Crippen LogP contribution in [0.15, 0.2) is 72.9 Å². The maximum Gasteiger partial charge on any atom is 0.306 e. The zero-order valence-electron chi connectivity index (χ0n) is 31.6. The number of allylic oxidation sites excluding steroid dienone is 12. The lowest BCUT2D eigenvalue weighted by Crippen LogP contribution is -2.37. The summed E-state index contributed by atoms with van der Waals surface area (Å²) in [5, 5.41) is 0. The van der Waals surface area contributed by atoms with Gasteiger partial charge >= 0.3 is 5.97 Å². The lowest BCUT2D eigenvalue weighted by Gasteiger charge is -2.28. The Hall–Kier alpha value is -2.06. The molecule has 0 saturated heterocycles. The number of carbonyl (C=O) groups is 1. The van der Waals surface area contributed by atoms with E-state index in [0.717, 1.165) is 64.2 Å². The Morgan fingerprint density at radius 3 is 1.73 bits per heavy atom. The summed E-state index contributed by atoms with van der Waals surface area (Å²) in [5.74, 6) is -0.383. The van der Waals surface area contributed by atoms with Crippen LogP contribution in [-0.2, 0) is 27.9 Å². The van der Waals surface area contributed by atoms with Gasteiger partial charge in [0.1, 0.15) is 19.3 Å². The SMILES string of the molecule is CC/C=C\C/C=C\C/C=C\C/C=C\C/C=C\C/C=C\CCCCC(=O)OC(COCCCCCCCC)COP(=O)([O-])OCC[N+](C)(C)C. The predicted octanol–water partition coefficient (Wildman–Crippen LogP) is 9.74. The molecule has 0 saturated carbocycles. The molecule has 0 aliphatic carbocycles. The van der Waals surface area contributed by atoms with Crippen LogP contribution >= 0.6 is 7.82 Å². The maximum absolute atomic E-state index is 12.5. The van der Waals surface area contributed by atoms with E-state index in [1.807, 2.05) is 21.1 Å². The van der Waals surface area contributed by atoms with Gasteiger partial charge in [0.25, 0.3) is 7.82 Å². The van der Waals surface area contributed by atoms with E-state index < -0.39 is 13.9 Å². The van der Waals surface area contributed by atoms with Crippen LogP contribution in [0.4, 0.5) is 0 Å². The van der Waals surface area contributed by atoms with Crippen LogP contribution in [-0.4, -0.2) is 70.7 Å². The lowest BCUT2D eigenvalue weighted by molar-refractivity contribution is -0.870. The van der Waals surface area contributed by atoms with E-state index in [2.05, 4.69) is 86.8 Å². The van der Waals surface area contributed by atoms with Gasteiger partial charge in [0, 0.05) is 13.0 Å². The third kappa shape index (κ3) is 37.0. The third-order valence-corrected chi connectivity index (χ3v) is 8.24. The van der Waals surface area contributed by atoms with Gasteiger partial charge in [-0.2, -0.15) is 0 Å². The first kappa shape index (κ1) is 46.9. The molecular formula is C40H70NO7P. The second kappa shape index (κ2) is 33.1. The number of carbonyl (C=O) groups excluding carboxylic acids is 1. The molecule has 0 aliphatic rings. The molecule has 2 atom stereocenters. The number of likely N-dealkylation sites (N-methyl/N-ethyl adjacent to an activating group) is 1. The van der Waals surface area contributed by atoms with E-state index in [0.29, 0.717) is 24.1 Å². The van der Waals surface area contributed by atoms with Crippen molar-refractivity contribution in [1.29, 1.82) is 0 Å². The Bertz CT molecular complexity index is 1010. The summed E-state index contributed by atoms with van der Waals surface area (Å²) in [6.07, 6.45) is 40.8. The molecule has 0 bridgehead atoms. The van der Waals surface area contributed by atoms with Crippen LogP contribution < -0.4 is 4.89 Å². The van der Waals surface area contributed by atoms with Gasteiger partial charge in [-0.05, 0) is 64.2 Å². The highest BCUT2D eigenvalue weighted by Gasteiger charge is 2.20. The molecule has 0 N–H and O–H groups in total. The summed E-state index contributed by atoms with van der Waals surface area (Å²) in [7, 11) is 1.31. The molecule has 49 heavy (non-hydrogen) atoms.